The topological polar surface area (TPSA) is 21.3 Å². The molecule has 0 amide bonds. The summed E-state index contributed by atoms with van der Waals surface area (Å²) < 4.78 is 5.43. The number of hydrogen-bond donors (Lipinski definition) is 1. The number of benzene rings is 1. The van der Waals surface area contributed by atoms with E-state index in [0.717, 1.165) is 18.8 Å². The molecule has 2 rings (SSSR count). The molecule has 1 saturated heterocycles. The van der Waals surface area contributed by atoms with Gasteiger partial charge >= 0.3 is 0 Å². The summed E-state index contributed by atoms with van der Waals surface area (Å²) in [6.07, 6.45) is 0. The molecular weight excluding hydrogens is 186 g/mol. The molecule has 0 radical (unpaired) electrons. The molecule has 1 aromatic rings. The van der Waals surface area contributed by atoms with Gasteiger partial charge in [0.25, 0.3) is 0 Å². The van der Waals surface area contributed by atoms with Gasteiger partial charge in [-0.3, -0.25) is 0 Å². The Morgan fingerprint density at radius 1 is 1.20 bits per heavy atom. The quantitative estimate of drug-likeness (QED) is 0.800. The zero-order chi connectivity index (χ0) is 11.0. The Kier molecular flexibility index (Phi) is 2.70. The Bertz CT molecular complexity index is 381. The molecule has 0 bridgehead atoms. The fourth-order valence-electron chi connectivity index (χ4n) is 2.34. The molecule has 0 aromatic heterocycles. The van der Waals surface area contributed by atoms with Crippen LogP contribution in [0.4, 0.5) is 0 Å². The fraction of sp³-hybridized carbons (Fsp3) is 0.538. The van der Waals surface area contributed by atoms with Gasteiger partial charge in [-0.2, -0.15) is 0 Å². The van der Waals surface area contributed by atoms with Crippen molar-refractivity contribution in [1.29, 1.82) is 0 Å². The van der Waals surface area contributed by atoms with E-state index in [1.54, 1.807) is 7.11 Å². The lowest BCUT2D eigenvalue weighted by Gasteiger charge is -2.30. The molecule has 0 spiro atoms. The molecule has 1 fully saturated rings. The molecule has 1 N–H and O–H groups in total. The maximum Gasteiger partial charge on any atom is 0.124 e. The van der Waals surface area contributed by atoms with Crippen LogP contribution in [0.5, 0.6) is 5.75 Å². The lowest BCUT2D eigenvalue weighted by molar-refractivity contribution is 0.405. The van der Waals surface area contributed by atoms with Gasteiger partial charge in [-0.05, 0) is 43.0 Å². The Labute approximate surface area is 91.6 Å². The first kappa shape index (κ1) is 10.5. The molecule has 0 aliphatic carbocycles. The third kappa shape index (κ3) is 1.63. The first-order valence-electron chi connectivity index (χ1n) is 5.50. The third-order valence-electron chi connectivity index (χ3n) is 3.49. The van der Waals surface area contributed by atoms with Crippen LogP contribution >= 0.6 is 0 Å². The fourth-order valence-corrected chi connectivity index (χ4v) is 2.34. The van der Waals surface area contributed by atoms with E-state index in [4.69, 9.17) is 4.74 Å². The zero-order valence-corrected chi connectivity index (χ0v) is 9.98. The number of ether oxygens (including phenoxy) is 1. The van der Waals surface area contributed by atoms with E-state index in [-0.39, 0.29) is 0 Å². The molecule has 1 aromatic carbocycles. The number of hydrogen-bond acceptors (Lipinski definition) is 2. The van der Waals surface area contributed by atoms with Crippen LogP contribution in [0.15, 0.2) is 6.07 Å². The minimum absolute atomic E-state index is 0.702. The Morgan fingerprint density at radius 2 is 1.87 bits per heavy atom. The van der Waals surface area contributed by atoms with Crippen molar-refractivity contribution in [3.8, 4) is 5.75 Å². The highest BCUT2D eigenvalue weighted by Crippen LogP contribution is 2.33. The minimum Gasteiger partial charge on any atom is -0.496 e. The summed E-state index contributed by atoms with van der Waals surface area (Å²) in [4.78, 5) is 0. The molecule has 2 nitrogen and oxygen atoms in total. The van der Waals surface area contributed by atoms with E-state index < -0.39 is 0 Å². The minimum atomic E-state index is 0.702. The number of nitrogens with one attached hydrogen (secondary N) is 1. The van der Waals surface area contributed by atoms with Crippen molar-refractivity contribution in [3.63, 3.8) is 0 Å². The summed E-state index contributed by atoms with van der Waals surface area (Å²) in [6, 6.07) is 2.28. The summed E-state index contributed by atoms with van der Waals surface area (Å²) in [5.41, 5.74) is 5.43. The van der Waals surface area contributed by atoms with Crippen molar-refractivity contribution in [2.24, 2.45) is 0 Å². The van der Waals surface area contributed by atoms with E-state index in [9.17, 15) is 0 Å². The van der Waals surface area contributed by atoms with E-state index in [1.165, 1.54) is 22.3 Å². The van der Waals surface area contributed by atoms with Gasteiger partial charge in [0, 0.05) is 19.0 Å². The molecule has 1 aliphatic heterocycles. The zero-order valence-electron chi connectivity index (χ0n) is 9.98. The second kappa shape index (κ2) is 3.86. The maximum absolute atomic E-state index is 5.43. The normalized spacial score (nSPS) is 16.3. The van der Waals surface area contributed by atoms with Gasteiger partial charge in [0.1, 0.15) is 5.75 Å². The molecular formula is C13H19NO. The van der Waals surface area contributed by atoms with E-state index in [1.807, 2.05) is 0 Å². The van der Waals surface area contributed by atoms with Gasteiger partial charge in [0.05, 0.1) is 7.11 Å². The van der Waals surface area contributed by atoms with Crippen LogP contribution in [0.1, 0.15) is 28.2 Å². The van der Waals surface area contributed by atoms with Crippen LogP contribution in [0, 0.1) is 20.8 Å². The number of aryl methyl sites for hydroxylation is 1. The molecule has 0 unspecified atom stereocenters. The lowest BCUT2D eigenvalue weighted by atomic mass is 9.86. The summed E-state index contributed by atoms with van der Waals surface area (Å²) in [5.74, 6) is 1.75. The third-order valence-corrected chi connectivity index (χ3v) is 3.49. The highest BCUT2D eigenvalue weighted by Gasteiger charge is 2.22. The largest absolute Gasteiger partial charge is 0.496 e. The smallest absolute Gasteiger partial charge is 0.124 e. The van der Waals surface area contributed by atoms with Gasteiger partial charge in [-0.1, -0.05) is 6.07 Å². The maximum atomic E-state index is 5.43. The highest BCUT2D eigenvalue weighted by atomic mass is 16.5. The highest BCUT2D eigenvalue weighted by molar-refractivity contribution is 5.50. The average molecular weight is 205 g/mol. The van der Waals surface area contributed by atoms with Crippen molar-refractivity contribution < 1.29 is 4.74 Å². The lowest BCUT2D eigenvalue weighted by Crippen LogP contribution is -2.40. The van der Waals surface area contributed by atoms with E-state index in [2.05, 4.69) is 32.2 Å². The predicted molar refractivity (Wildman–Crippen MR) is 62.8 cm³/mol. The second-order valence-electron chi connectivity index (χ2n) is 4.42. The Morgan fingerprint density at radius 3 is 2.33 bits per heavy atom. The van der Waals surface area contributed by atoms with Crippen LogP contribution in [-0.2, 0) is 0 Å². The summed E-state index contributed by atoms with van der Waals surface area (Å²) in [5, 5.41) is 3.32. The van der Waals surface area contributed by atoms with Gasteiger partial charge in [-0.15, -0.1) is 0 Å². The van der Waals surface area contributed by atoms with Gasteiger partial charge < -0.3 is 10.1 Å². The predicted octanol–water partition coefficient (Wildman–Crippen LogP) is 2.31. The number of methoxy groups -OCH3 is 1. The van der Waals surface area contributed by atoms with Crippen LogP contribution in [0.25, 0.3) is 0 Å². The monoisotopic (exact) mass is 205 g/mol. The van der Waals surface area contributed by atoms with Crippen molar-refractivity contribution in [1.82, 2.24) is 5.32 Å². The van der Waals surface area contributed by atoms with E-state index in [0.29, 0.717) is 5.92 Å². The molecule has 2 heteroatoms. The summed E-state index contributed by atoms with van der Waals surface area (Å²) in [7, 11) is 1.75. The van der Waals surface area contributed by atoms with Crippen LogP contribution in [0.2, 0.25) is 0 Å². The first-order chi connectivity index (χ1) is 7.15. The van der Waals surface area contributed by atoms with Crippen molar-refractivity contribution in [2.45, 2.75) is 26.7 Å². The van der Waals surface area contributed by atoms with Crippen LogP contribution < -0.4 is 10.1 Å². The van der Waals surface area contributed by atoms with Gasteiger partial charge in [-0.25, -0.2) is 0 Å². The van der Waals surface area contributed by atoms with Crippen molar-refractivity contribution >= 4 is 0 Å². The SMILES string of the molecule is COc1c(C)cc(C2CNC2)c(C)c1C. The molecule has 0 saturated carbocycles. The standard InChI is InChI=1S/C13H19NO/c1-8-5-12(11-6-14-7-11)9(2)10(3)13(8)15-4/h5,11,14H,6-7H2,1-4H3. The molecule has 82 valence electrons. The molecule has 1 heterocycles. The van der Waals surface area contributed by atoms with Crippen molar-refractivity contribution in [2.75, 3.05) is 20.2 Å². The van der Waals surface area contributed by atoms with Gasteiger partial charge in [0.2, 0.25) is 0 Å². The second-order valence-corrected chi connectivity index (χ2v) is 4.42. The van der Waals surface area contributed by atoms with Gasteiger partial charge in [0.15, 0.2) is 0 Å². The van der Waals surface area contributed by atoms with E-state index >= 15 is 0 Å². The molecule has 1 aliphatic rings. The summed E-state index contributed by atoms with van der Waals surface area (Å²) in [6.45, 7) is 8.71. The Hall–Kier alpha value is -1.02. The molecule has 0 atom stereocenters. The first-order valence-corrected chi connectivity index (χ1v) is 5.50. The molecule has 15 heavy (non-hydrogen) atoms. The van der Waals surface area contributed by atoms with Crippen LogP contribution in [-0.4, -0.2) is 20.2 Å². The van der Waals surface area contributed by atoms with Crippen molar-refractivity contribution in [3.05, 3.63) is 28.3 Å². The summed E-state index contributed by atoms with van der Waals surface area (Å²) >= 11 is 0. The average Bonchev–Trinajstić information content (AvgIpc) is 2.12. The van der Waals surface area contributed by atoms with Crippen LogP contribution in [0.3, 0.4) is 0 Å². The number of rotatable bonds is 2. The Balaban J connectivity index is 2.48.